The zero-order valence-electron chi connectivity index (χ0n) is 15.7. The fourth-order valence-electron chi connectivity index (χ4n) is 3.20. The van der Waals surface area contributed by atoms with Crippen molar-refractivity contribution in [2.45, 2.75) is 31.1 Å². The Labute approximate surface area is 167 Å². The number of nitrogens with one attached hydrogen (secondary N) is 1. The average molecular weight is 416 g/mol. The highest BCUT2D eigenvalue weighted by Crippen LogP contribution is 2.39. The normalized spacial score (nSPS) is 14.2. The van der Waals surface area contributed by atoms with Crippen molar-refractivity contribution >= 4 is 10.0 Å². The second kappa shape index (κ2) is 7.92. The summed E-state index contributed by atoms with van der Waals surface area (Å²) < 4.78 is 43.1. The SMILES string of the molecule is O=c1n(CCNS(=O)(=O)Cc2cccc(F)c2)nc(C2CC2)n1-c1ccccc1. The molecule has 7 nitrogen and oxygen atoms in total. The summed E-state index contributed by atoms with van der Waals surface area (Å²) in [5, 5.41) is 4.45. The maximum atomic E-state index is 13.2. The standard InChI is InChI=1S/C20H21FN4O3S/c21-17-6-4-5-15(13-17)14-29(27,28)22-11-12-24-20(26)25(18-7-2-1-3-8-18)19(23-24)16-9-10-16/h1-8,13,16,22H,9-12,14H2. The smallest absolute Gasteiger partial charge is 0.247 e. The summed E-state index contributed by atoms with van der Waals surface area (Å²) in [6, 6.07) is 14.8. The molecule has 0 saturated heterocycles. The first-order chi connectivity index (χ1) is 13.9. The lowest BCUT2D eigenvalue weighted by molar-refractivity contribution is 0.550. The summed E-state index contributed by atoms with van der Waals surface area (Å²) in [7, 11) is -3.66. The van der Waals surface area contributed by atoms with Crippen LogP contribution in [0.15, 0.2) is 59.4 Å². The Kier molecular flexibility index (Phi) is 5.33. The third-order valence-corrected chi connectivity index (χ3v) is 6.07. The Morgan fingerprint density at radius 1 is 1.10 bits per heavy atom. The molecule has 1 saturated carbocycles. The van der Waals surface area contributed by atoms with Crippen LogP contribution < -0.4 is 10.4 Å². The predicted molar refractivity (Wildman–Crippen MR) is 107 cm³/mol. The summed E-state index contributed by atoms with van der Waals surface area (Å²) in [6.45, 7) is 0.133. The van der Waals surface area contributed by atoms with Crippen LogP contribution in [0.3, 0.4) is 0 Å². The van der Waals surface area contributed by atoms with Crippen molar-refractivity contribution in [3.8, 4) is 5.69 Å². The molecule has 0 radical (unpaired) electrons. The van der Waals surface area contributed by atoms with Gasteiger partial charge in [0, 0.05) is 12.5 Å². The van der Waals surface area contributed by atoms with E-state index in [4.69, 9.17) is 0 Å². The van der Waals surface area contributed by atoms with Crippen LogP contribution >= 0.6 is 0 Å². The molecule has 1 aliphatic rings. The number of halogens is 1. The molecule has 0 amide bonds. The highest BCUT2D eigenvalue weighted by molar-refractivity contribution is 7.88. The topological polar surface area (TPSA) is 86.0 Å². The van der Waals surface area contributed by atoms with Gasteiger partial charge in [-0.3, -0.25) is 0 Å². The van der Waals surface area contributed by atoms with Crippen molar-refractivity contribution in [3.63, 3.8) is 0 Å². The number of para-hydroxylation sites is 1. The lowest BCUT2D eigenvalue weighted by Crippen LogP contribution is -2.32. The number of hydrogen-bond donors (Lipinski definition) is 1. The van der Waals surface area contributed by atoms with Crippen molar-refractivity contribution in [2.24, 2.45) is 0 Å². The molecule has 1 fully saturated rings. The molecule has 4 rings (SSSR count). The monoisotopic (exact) mass is 416 g/mol. The third-order valence-electron chi connectivity index (χ3n) is 4.71. The van der Waals surface area contributed by atoms with E-state index in [0.717, 1.165) is 18.5 Å². The van der Waals surface area contributed by atoms with E-state index >= 15 is 0 Å². The van der Waals surface area contributed by atoms with Gasteiger partial charge in [-0.15, -0.1) is 0 Å². The molecule has 0 atom stereocenters. The molecule has 0 spiro atoms. The number of hydrogen-bond acceptors (Lipinski definition) is 4. The van der Waals surface area contributed by atoms with Gasteiger partial charge < -0.3 is 0 Å². The van der Waals surface area contributed by atoms with Gasteiger partial charge in [0.05, 0.1) is 18.0 Å². The van der Waals surface area contributed by atoms with Crippen LogP contribution in [0, 0.1) is 5.82 Å². The molecule has 1 aliphatic carbocycles. The van der Waals surface area contributed by atoms with E-state index in [-0.39, 0.29) is 30.5 Å². The van der Waals surface area contributed by atoms with Crippen molar-refractivity contribution in [1.82, 2.24) is 19.1 Å². The molecule has 0 unspecified atom stereocenters. The molecule has 1 aromatic heterocycles. The molecule has 1 heterocycles. The maximum absolute atomic E-state index is 13.2. The Morgan fingerprint density at radius 2 is 1.86 bits per heavy atom. The third kappa shape index (κ3) is 4.63. The first kappa shape index (κ1) is 19.5. The lowest BCUT2D eigenvalue weighted by atomic mass is 10.2. The number of sulfonamides is 1. The van der Waals surface area contributed by atoms with Crippen LogP contribution in [0.4, 0.5) is 4.39 Å². The van der Waals surface area contributed by atoms with Crippen LogP contribution in [0.2, 0.25) is 0 Å². The Hall–Kier alpha value is -2.78. The largest absolute Gasteiger partial charge is 0.350 e. The van der Waals surface area contributed by atoms with E-state index in [2.05, 4.69) is 9.82 Å². The van der Waals surface area contributed by atoms with E-state index in [1.807, 2.05) is 30.3 Å². The zero-order chi connectivity index (χ0) is 20.4. The Bertz CT molecular complexity index is 1170. The summed E-state index contributed by atoms with van der Waals surface area (Å²) in [5.74, 6) is 0.159. The summed E-state index contributed by atoms with van der Waals surface area (Å²) in [5.41, 5.74) is 0.818. The van der Waals surface area contributed by atoms with Gasteiger partial charge in [-0.05, 0) is 42.7 Å². The Morgan fingerprint density at radius 3 is 2.55 bits per heavy atom. The molecule has 0 aliphatic heterocycles. The second-order valence-corrected chi connectivity index (χ2v) is 8.90. The predicted octanol–water partition coefficient (Wildman–Crippen LogP) is 2.17. The summed E-state index contributed by atoms with van der Waals surface area (Å²) >= 11 is 0. The number of nitrogens with zero attached hydrogens (tertiary/aromatic N) is 3. The van der Waals surface area contributed by atoms with E-state index in [9.17, 15) is 17.6 Å². The van der Waals surface area contributed by atoms with Gasteiger partial charge in [0.25, 0.3) is 0 Å². The van der Waals surface area contributed by atoms with Gasteiger partial charge in [0.2, 0.25) is 10.0 Å². The molecular weight excluding hydrogens is 395 g/mol. The van der Waals surface area contributed by atoms with Gasteiger partial charge in [-0.2, -0.15) is 5.10 Å². The van der Waals surface area contributed by atoms with Crippen LogP contribution in [0.5, 0.6) is 0 Å². The second-order valence-electron chi connectivity index (χ2n) is 7.09. The molecule has 29 heavy (non-hydrogen) atoms. The van der Waals surface area contributed by atoms with Crippen molar-refractivity contribution in [2.75, 3.05) is 6.54 Å². The fraction of sp³-hybridized carbons (Fsp3) is 0.300. The molecular formula is C20H21FN4O3S. The van der Waals surface area contributed by atoms with Crippen LogP contribution in [-0.4, -0.2) is 29.3 Å². The number of aromatic nitrogens is 3. The van der Waals surface area contributed by atoms with Crippen LogP contribution in [-0.2, 0) is 22.3 Å². The number of rotatable bonds is 8. The van der Waals surface area contributed by atoms with Crippen molar-refractivity contribution < 1.29 is 12.8 Å². The van der Waals surface area contributed by atoms with E-state index in [1.165, 1.54) is 22.9 Å². The summed E-state index contributed by atoms with van der Waals surface area (Å²) in [4.78, 5) is 12.9. The molecule has 2 aromatic carbocycles. The lowest BCUT2D eigenvalue weighted by Gasteiger charge is -2.06. The van der Waals surface area contributed by atoms with E-state index in [0.29, 0.717) is 11.4 Å². The van der Waals surface area contributed by atoms with Gasteiger partial charge in [-0.25, -0.2) is 31.6 Å². The molecule has 3 aromatic rings. The first-order valence-electron chi connectivity index (χ1n) is 9.40. The molecule has 1 N–H and O–H groups in total. The molecule has 9 heteroatoms. The highest BCUT2D eigenvalue weighted by Gasteiger charge is 2.31. The Balaban J connectivity index is 1.47. The van der Waals surface area contributed by atoms with Crippen molar-refractivity contribution in [3.05, 3.63) is 82.3 Å². The van der Waals surface area contributed by atoms with Crippen LogP contribution in [0.1, 0.15) is 30.1 Å². The summed E-state index contributed by atoms with van der Waals surface area (Å²) in [6.07, 6.45) is 1.98. The van der Waals surface area contributed by atoms with E-state index < -0.39 is 15.8 Å². The zero-order valence-corrected chi connectivity index (χ0v) is 16.5. The molecule has 0 bridgehead atoms. The first-order valence-corrected chi connectivity index (χ1v) is 11.1. The van der Waals surface area contributed by atoms with Gasteiger partial charge in [0.1, 0.15) is 11.6 Å². The fourth-order valence-corrected chi connectivity index (χ4v) is 4.32. The van der Waals surface area contributed by atoms with Gasteiger partial charge in [-0.1, -0.05) is 30.3 Å². The maximum Gasteiger partial charge on any atom is 0.350 e. The van der Waals surface area contributed by atoms with Gasteiger partial charge >= 0.3 is 5.69 Å². The van der Waals surface area contributed by atoms with Crippen LogP contribution in [0.25, 0.3) is 5.69 Å². The van der Waals surface area contributed by atoms with Crippen molar-refractivity contribution in [1.29, 1.82) is 0 Å². The van der Waals surface area contributed by atoms with Gasteiger partial charge in [0.15, 0.2) is 0 Å². The van der Waals surface area contributed by atoms with E-state index in [1.54, 1.807) is 10.6 Å². The minimum atomic E-state index is -3.66. The number of benzene rings is 2. The minimum Gasteiger partial charge on any atom is -0.247 e. The quantitative estimate of drug-likeness (QED) is 0.610. The molecule has 152 valence electrons. The highest BCUT2D eigenvalue weighted by atomic mass is 32.2. The average Bonchev–Trinajstić information content (AvgIpc) is 3.47. The minimum absolute atomic E-state index is 0.0213.